The van der Waals surface area contributed by atoms with Gasteiger partial charge < -0.3 is 4.74 Å². The van der Waals surface area contributed by atoms with Crippen molar-refractivity contribution in [1.82, 2.24) is 9.78 Å². The Bertz CT molecular complexity index is 1260. The van der Waals surface area contributed by atoms with Crippen LogP contribution in [-0.4, -0.2) is 21.6 Å². The Balaban J connectivity index is 1.57. The second-order valence-electron chi connectivity index (χ2n) is 6.99. The number of carbonyl (C=O) groups is 1. The average Bonchev–Trinajstić information content (AvgIpc) is 3.11. The molecule has 0 bridgehead atoms. The predicted octanol–water partition coefficient (Wildman–Crippen LogP) is 5.18. The molecule has 3 heterocycles. The summed E-state index contributed by atoms with van der Waals surface area (Å²) in [5.74, 6) is 0.944. The number of fused-ring (bicyclic) bond motifs is 2. The molecule has 0 saturated heterocycles. The summed E-state index contributed by atoms with van der Waals surface area (Å²) < 4.78 is 8.47. The first kappa shape index (κ1) is 18.6. The van der Waals surface area contributed by atoms with Crippen molar-refractivity contribution in [2.45, 2.75) is 13.3 Å². The molecule has 2 aliphatic heterocycles. The van der Waals surface area contributed by atoms with Crippen molar-refractivity contribution < 1.29 is 9.53 Å². The van der Waals surface area contributed by atoms with E-state index in [1.54, 1.807) is 21.8 Å². The number of hydrogen-bond donors (Lipinski definition) is 0. The highest BCUT2D eigenvalue weighted by Crippen LogP contribution is 2.35. The lowest BCUT2D eigenvalue weighted by Crippen LogP contribution is -2.26. The minimum Gasteiger partial charge on any atom is -0.436 e. The third-order valence-electron chi connectivity index (χ3n) is 4.91. The number of benzene rings is 2. The Labute approximate surface area is 181 Å². The number of aryl methyl sites for hydroxylation is 1. The molecule has 2 aromatic carbocycles. The van der Waals surface area contributed by atoms with Crippen LogP contribution in [0.5, 0.6) is 5.75 Å². The highest BCUT2D eigenvalue weighted by Gasteiger charge is 2.27. The van der Waals surface area contributed by atoms with Gasteiger partial charge in [-0.3, -0.25) is 9.69 Å². The summed E-state index contributed by atoms with van der Waals surface area (Å²) in [7, 11) is 0. The van der Waals surface area contributed by atoms with E-state index in [0.717, 1.165) is 17.0 Å². The molecule has 0 atom stereocenters. The molecular formula is C23H17BrN4O2. The second-order valence-corrected chi connectivity index (χ2v) is 7.84. The molecule has 0 spiro atoms. The van der Waals surface area contributed by atoms with Gasteiger partial charge in [0.25, 0.3) is 5.91 Å². The van der Waals surface area contributed by atoms with Gasteiger partial charge in [-0.15, -0.1) is 0 Å². The molecule has 5 rings (SSSR count). The monoisotopic (exact) mass is 460 g/mol. The van der Waals surface area contributed by atoms with Crippen LogP contribution in [0.15, 0.2) is 88.2 Å². The first-order valence-electron chi connectivity index (χ1n) is 9.47. The van der Waals surface area contributed by atoms with Crippen molar-refractivity contribution >= 4 is 33.4 Å². The van der Waals surface area contributed by atoms with Gasteiger partial charge in [0, 0.05) is 28.6 Å². The largest absolute Gasteiger partial charge is 0.436 e. The maximum Gasteiger partial charge on any atom is 0.263 e. The van der Waals surface area contributed by atoms with Crippen LogP contribution in [0.1, 0.15) is 22.5 Å². The van der Waals surface area contributed by atoms with Crippen LogP contribution in [0.3, 0.4) is 0 Å². The molecule has 0 fully saturated rings. The minimum absolute atomic E-state index is 0.163. The Morgan fingerprint density at radius 3 is 2.83 bits per heavy atom. The van der Waals surface area contributed by atoms with E-state index in [9.17, 15) is 4.79 Å². The number of halogens is 1. The van der Waals surface area contributed by atoms with Crippen molar-refractivity contribution in [2.24, 2.45) is 4.99 Å². The summed E-state index contributed by atoms with van der Waals surface area (Å²) in [4.78, 5) is 19.5. The van der Waals surface area contributed by atoms with Crippen molar-refractivity contribution in [3.63, 3.8) is 0 Å². The lowest BCUT2D eigenvalue weighted by Gasteiger charge is -2.20. The molecule has 0 radical (unpaired) electrons. The van der Waals surface area contributed by atoms with E-state index in [2.05, 4.69) is 26.0 Å². The number of carbonyl (C=O) groups excluding carboxylic acids is 1. The van der Waals surface area contributed by atoms with Gasteiger partial charge in [0.1, 0.15) is 0 Å². The zero-order valence-electron chi connectivity index (χ0n) is 16.1. The van der Waals surface area contributed by atoms with Gasteiger partial charge in [-0.05, 0) is 65.7 Å². The number of ether oxygens (including phenoxy) is 1. The molecule has 0 N–H and O–H groups in total. The van der Waals surface area contributed by atoms with Gasteiger partial charge in [0.05, 0.1) is 22.6 Å². The fourth-order valence-electron chi connectivity index (χ4n) is 3.42. The van der Waals surface area contributed by atoms with E-state index in [4.69, 9.17) is 4.74 Å². The van der Waals surface area contributed by atoms with Crippen LogP contribution in [-0.2, 0) is 0 Å². The van der Waals surface area contributed by atoms with Crippen LogP contribution in [0.4, 0.5) is 5.69 Å². The lowest BCUT2D eigenvalue weighted by molar-refractivity contribution is 0.0996. The van der Waals surface area contributed by atoms with Crippen LogP contribution in [0.2, 0.25) is 0 Å². The fourth-order valence-corrected chi connectivity index (χ4v) is 3.96. The number of anilines is 1. The molecule has 30 heavy (non-hydrogen) atoms. The van der Waals surface area contributed by atoms with Crippen molar-refractivity contribution in [3.8, 4) is 11.4 Å². The maximum atomic E-state index is 13.6. The highest BCUT2D eigenvalue weighted by atomic mass is 79.9. The SMILES string of the molecule is Cc1ccn(-c2ccc(C(=O)N3C=C4CC=CN=C4Oc4ccccc43)c(Br)c2)n1. The number of hydrogen-bond acceptors (Lipinski definition) is 4. The van der Waals surface area contributed by atoms with Crippen LogP contribution < -0.4 is 9.64 Å². The minimum atomic E-state index is -0.163. The third-order valence-corrected chi connectivity index (χ3v) is 5.57. The van der Waals surface area contributed by atoms with Crippen LogP contribution in [0, 0.1) is 6.92 Å². The van der Waals surface area contributed by atoms with Crippen LogP contribution in [0.25, 0.3) is 5.69 Å². The fraction of sp³-hybridized carbons (Fsp3) is 0.0870. The molecule has 1 aromatic heterocycles. The molecular weight excluding hydrogens is 444 g/mol. The highest BCUT2D eigenvalue weighted by molar-refractivity contribution is 9.10. The van der Waals surface area contributed by atoms with E-state index >= 15 is 0 Å². The first-order chi connectivity index (χ1) is 14.6. The number of rotatable bonds is 2. The van der Waals surface area contributed by atoms with Gasteiger partial charge in [0.2, 0.25) is 5.90 Å². The number of amides is 1. The van der Waals surface area contributed by atoms with Crippen LogP contribution >= 0.6 is 15.9 Å². The summed E-state index contributed by atoms with van der Waals surface area (Å²) in [6.45, 7) is 1.94. The Kier molecular flexibility index (Phi) is 4.59. The summed E-state index contributed by atoms with van der Waals surface area (Å²) in [6.07, 6.45) is 8.01. The van der Waals surface area contributed by atoms with E-state index in [1.165, 1.54) is 0 Å². The molecule has 0 saturated carbocycles. The molecule has 0 aliphatic carbocycles. The second kappa shape index (κ2) is 7.42. The summed E-state index contributed by atoms with van der Waals surface area (Å²) in [5, 5.41) is 4.43. The topological polar surface area (TPSA) is 59.7 Å². The predicted molar refractivity (Wildman–Crippen MR) is 119 cm³/mol. The number of nitrogens with zero attached hydrogens (tertiary/aromatic N) is 4. The standard InChI is InChI=1S/C23H17BrN4O2/c1-15-10-12-28(26-15)17-8-9-18(19(24)13-17)23(29)27-14-16-5-4-11-25-22(16)30-21-7-3-2-6-20(21)27/h2-4,6-14H,5H2,1H3. The number of aliphatic imine (C=N–C) groups is 1. The van der Waals surface area contributed by atoms with Gasteiger partial charge in [-0.1, -0.05) is 18.2 Å². The summed E-state index contributed by atoms with van der Waals surface area (Å²) in [6, 6.07) is 15.0. The average molecular weight is 461 g/mol. The van der Waals surface area contributed by atoms with E-state index in [-0.39, 0.29) is 5.91 Å². The Morgan fingerprint density at radius 2 is 2.03 bits per heavy atom. The molecule has 3 aromatic rings. The van der Waals surface area contributed by atoms with Crippen molar-refractivity contribution in [2.75, 3.05) is 4.90 Å². The molecule has 148 valence electrons. The first-order valence-corrected chi connectivity index (χ1v) is 10.3. The van der Waals surface area contributed by atoms with Gasteiger partial charge in [0.15, 0.2) is 5.75 Å². The molecule has 1 amide bonds. The summed E-state index contributed by atoms with van der Waals surface area (Å²) >= 11 is 3.57. The van der Waals surface area contributed by atoms with Crippen molar-refractivity contribution in [3.05, 3.63) is 94.5 Å². The molecule has 2 aliphatic rings. The molecule has 6 nitrogen and oxygen atoms in total. The number of aromatic nitrogens is 2. The van der Waals surface area contributed by atoms with E-state index < -0.39 is 0 Å². The van der Waals surface area contributed by atoms with E-state index in [1.807, 2.05) is 67.9 Å². The zero-order chi connectivity index (χ0) is 20.7. The lowest BCUT2D eigenvalue weighted by atomic mass is 10.1. The van der Waals surface area contributed by atoms with E-state index in [0.29, 0.717) is 33.8 Å². The van der Waals surface area contributed by atoms with Crippen molar-refractivity contribution in [1.29, 1.82) is 0 Å². The Hall–Kier alpha value is -3.45. The number of para-hydroxylation sites is 2. The maximum absolute atomic E-state index is 13.6. The normalized spacial score (nSPS) is 14.8. The quantitative estimate of drug-likeness (QED) is 0.529. The van der Waals surface area contributed by atoms with Gasteiger partial charge >= 0.3 is 0 Å². The molecule has 7 heteroatoms. The zero-order valence-corrected chi connectivity index (χ0v) is 17.7. The molecule has 0 unspecified atom stereocenters. The van der Waals surface area contributed by atoms with Gasteiger partial charge in [-0.2, -0.15) is 5.10 Å². The Morgan fingerprint density at radius 1 is 1.17 bits per heavy atom. The van der Waals surface area contributed by atoms with Gasteiger partial charge in [-0.25, -0.2) is 9.67 Å². The number of allylic oxidation sites excluding steroid dienone is 1. The third kappa shape index (κ3) is 3.27. The smallest absolute Gasteiger partial charge is 0.263 e. The summed E-state index contributed by atoms with van der Waals surface area (Å²) in [5.41, 5.74) is 3.86.